The van der Waals surface area contributed by atoms with Gasteiger partial charge in [-0.25, -0.2) is 4.98 Å². The number of azo groups is 1. The number of rotatable bonds is 4. The lowest BCUT2D eigenvalue weighted by atomic mass is 10.2. The molecule has 2 aromatic rings. The minimum atomic E-state index is 0.608. The maximum atomic E-state index is 4.41. The van der Waals surface area contributed by atoms with Crippen molar-refractivity contribution in [1.29, 1.82) is 0 Å². The Morgan fingerprint density at radius 2 is 2.12 bits per heavy atom. The summed E-state index contributed by atoms with van der Waals surface area (Å²) >= 11 is 1.51. The average Bonchev–Trinajstić information content (AvgIpc) is 2.85. The minimum absolute atomic E-state index is 0.608. The number of hydrogen-bond donors (Lipinski definition) is 0. The lowest BCUT2D eigenvalue weighted by molar-refractivity contribution is 1.06. The first-order valence-corrected chi connectivity index (χ1v) is 6.27. The van der Waals surface area contributed by atoms with Gasteiger partial charge in [0.15, 0.2) is 0 Å². The van der Waals surface area contributed by atoms with Crippen LogP contribution in [0.4, 0.5) is 5.13 Å². The Morgan fingerprint density at radius 1 is 1.29 bits per heavy atom. The van der Waals surface area contributed by atoms with Crippen LogP contribution in [-0.2, 0) is 0 Å². The van der Waals surface area contributed by atoms with Crippen LogP contribution in [-0.4, -0.2) is 11.5 Å². The van der Waals surface area contributed by atoms with Gasteiger partial charge >= 0.3 is 0 Å². The van der Waals surface area contributed by atoms with Gasteiger partial charge in [-0.2, -0.15) is 5.11 Å². The number of allylic oxidation sites excluding steroid dienone is 1. The Kier molecular flexibility index (Phi) is 4.16. The lowest BCUT2D eigenvalue weighted by Crippen LogP contribution is -1.74. The van der Waals surface area contributed by atoms with Gasteiger partial charge in [0.1, 0.15) is 0 Å². The summed E-state index contributed by atoms with van der Waals surface area (Å²) in [6.07, 6.45) is 3.91. The van der Waals surface area contributed by atoms with Crippen molar-refractivity contribution >= 4 is 16.5 Å². The van der Waals surface area contributed by atoms with Gasteiger partial charge in [-0.3, -0.25) is 0 Å². The molecule has 0 N–H and O–H groups in total. The monoisotopic (exact) mass is 243 g/mol. The van der Waals surface area contributed by atoms with Crippen LogP contribution >= 0.6 is 11.3 Å². The Balaban J connectivity index is 2.09. The highest BCUT2D eigenvalue weighted by atomic mass is 32.1. The fourth-order valence-electron chi connectivity index (χ4n) is 1.31. The predicted molar refractivity (Wildman–Crippen MR) is 71.7 cm³/mol. The van der Waals surface area contributed by atoms with Gasteiger partial charge in [0.05, 0.1) is 12.2 Å². The van der Waals surface area contributed by atoms with Crippen LogP contribution in [0.5, 0.6) is 0 Å². The van der Waals surface area contributed by atoms with Crippen LogP contribution in [0, 0.1) is 0 Å². The highest BCUT2D eigenvalue weighted by Crippen LogP contribution is 2.26. The van der Waals surface area contributed by atoms with E-state index in [1.807, 2.05) is 54.8 Å². The van der Waals surface area contributed by atoms with Crippen LogP contribution < -0.4 is 0 Å². The van der Waals surface area contributed by atoms with Gasteiger partial charge in [-0.15, -0.1) is 16.5 Å². The zero-order chi connectivity index (χ0) is 11.9. The van der Waals surface area contributed by atoms with E-state index in [1.54, 1.807) is 0 Å². The molecule has 3 nitrogen and oxygen atoms in total. The fraction of sp³-hybridized carbons (Fsp3) is 0.154. The van der Waals surface area contributed by atoms with E-state index in [9.17, 15) is 0 Å². The number of benzene rings is 1. The molecule has 0 radical (unpaired) electrons. The van der Waals surface area contributed by atoms with Crippen LogP contribution in [0.15, 0.2) is 58.1 Å². The molecule has 0 unspecified atom stereocenters. The van der Waals surface area contributed by atoms with Crippen molar-refractivity contribution in [1.82, 2.24) is 4.98 Å². The summed E-state index contributed by atoms with van der Waals surface area (Å²) in [7, 11) is 0. The van der Waals surface area contributed by atoms with Crippen molar-refractivity contribution in [2.24, 2.45) is 10.2 Å². The SMILES string of the molecule is CC=CCN=Nc1nc(-c2ccccc2)cs1. The van der Waals surface area contributed by atoms with Crippen molar-refractivity contribution in [2.45, 2.75) is 6.92 Å². The molecule has 0 aliphatic heterocycles. The molecule has 0 aliphatic carbocycles. The van der Waals surface area contributed by atoms with Crippen LogP contribution in [0.25, 0.3) is 11.3 Å². The lowest BCUT2D eigenvalue weighted by Gasteiger charge is -1.92. The minimum Gasteiger partial charge on any atom is -0.217 e. The van der Waals surface area contributed by atoms with Crippen molar-refractivity contribution < 1.29 is 0 Å². The zero-order valence-electron chi connectivity index (χ0n) is 9.58. The quantitative estimate of drug-likeness (QED) is 0.576. The van der Waals surface area contributed by atoms with E-state index in [2.05, 4.69) is 15.2 Å². The second kappa shape index (κ2) is 6.06. The van der Waals surface area contributed by atoms with Gasteiger partial charge in [0, 0.05) is 10.9 Å². The third-order valence-electron chi connectivity index (χ3n) is 2.14. The molecule has 2 rings (SSSR count). The van der Waals surface area contributed by atoms with Crippen LogP contribution in [0.3, 0.4) is 0 Å². The van der Waals surface area contributed by atoms with Crippen molar-refractivity contribution in [3.8, 4) is 11.3 Å². The first-order chi connectivity index (χ1) is 8.40. The molecule has 1 heterocycles. The third-order valence-corrected chi connectivity index (χ3v) is 2.87. The Bertz CT molecular complexity index is 514. The second-order valence-corrected chi connectivity index (χ2v) is 4.21. The summed E-state index contributed by atoms with van der Waals surface area (Å²) in [6, 6.07) is 10.1. The van der Waals surface area contributed by atoms with Gasteiger partial charge in [-0.05, 0) is 6.92 Å². The first kappa shape index (κ1) is 11.7. The summed E-state index contributed by atoms with van der Waals surface area (Å²) in [5.74, 6) is 0. The number of nitrogens with zero attached hydrogens (tertiary/aromatic N) is 3. The van der Waals surface area contributed by atoms with E-state index in [4.69, 9.17) is 0 Å². The van der Waals surface area contributed by atoms with Crippen LogP contribution in [0.1, 0.15) is 6.92 Å². The highest BCUT2D eigenvalue weighted by Gasteiger charge is 2.02. The largest absolute Gasteiger partial charge is 0.230 e. The molecule has 1 aromatic heterocycles. The standard InChI is InChI=1S/C13H13N3S/c1-2-3-9-14-16-13-15-12(10-17-13)11-7-5-4-6-8-11/h2-8,10H,9H2,1H3. The first-order valence-electron chi connectivity index (χ1n) is 5.40. The zero-order valence-corrected chi connectivity index (χ0v) is 10.4. The number of thiazole rings is 1. The Labute approximate surface area is 105 Å². The molecule has 17 heavy (non-hydrogen) atoms. The van der Waals surface area contributed by atoms with E-state index in [-0.39, 0.29) is 0 Å². The van der Waals surface area contributed by atoms with Crippen molar-refractivity contribution in [3.63, 3.8) is 0 Å². The molecular weight excluding hydrogens is 230 g/mol. The van der Waals surface area contributed by atoms with E-state index in [0.717, 1.165) is 11.3 Å². The molecule has 4 heteroatoms. The summed E-state index contributed by atoms with van der Waals surface area (Å²) in [5.41, 5.74) is 2.06. The number of hydrogen-bond acceptors (Lipinski definition) is 4. The maximum absolute atomic E-state index is 4.41. The molecule has 0 saturated heterocycles. The third kappa shape index (κ3) is 3.32. The Hall–Kier alpha value is -1.81. The molecule has 0 bridgehead atoms. The van der Waals surface area contributed by atoms with E-state index in [0.29, 0.717) is 11.7 Å². The summed E-state index contributed by atoms with van der Waals surface area (Å²) in [6.45, 7) is 2.57. The van der Waals surface area contributed by atoms with E-state index < -0.39 is 0 Å². The van der Waals surface area contributed by atoms with Crippen molar-refractivity contribution in [3.05, 3.63) is 47.9 Å². The second-order valence-electron chi connectivity index (χ2n) is 3.37. The van der Waals surface area contributed by atoms with Crippen molar-refractivity contribution in [2.75, 3.05) is 6.54 Å². The average molecular weight is 243 g/mol. The Morgan fingerprint density at radius 3 is 2.88 bits per heavy atom. The molecule has 0 saturated carbocycles. The predicted octanol–water partition coefficient (Wildman–Crippen LogP) is 4.47. The molecule has 1 aromatic carbocycles. The molecule has 86 valence electrons. The van der Waals surface area contributed by atoms with Gasteiger partial charge < -0.3 is 0 Å². The molecule has 0 amide bonds. The topological polar surface area (TPSA) is 37.6 Å². The highest BCUT2D eigenvalue weighted by molar-refractivity contribution is 7.13. The molecule has 0 spiro atoms. The molecular formula is C13H13N3S. The summed E-state index contributed by atoms with van der Waals surface area (Å²) in [5, 5.41) is 10.8. The molecule has 0 atom stereocenters. The smallest absolute Gasteiger partial charge is 0.217 e. The fourth-order valence-corrected chi connectivity index (χ4v) is 1.97. The van der Waals surface area contributed by atoms with E-state index >= 15 is 0 Å². The van der Waals surface area contributed by atoms with Gasteiger partial charge in [0.25, 0.3) is 0 Å². The number of aromatic nitrogens is 1. The van der Waals surface area contributed by atoms with Gasteiger partial charge in [0.2, 0.25) is 5.13 Å². The molecule has 0 fully saturated rings. The van der Waals surface area contributed by atoms with Crippen LogP contribution in [0.2, 0.25) is 0 Å². The summed E-state index contributed by atoms with van der Waals surface area (Å²) in [4.78, 5) is 4.41. The maximum Gasteiger partial charge on any atom is 0.230 e. The van der Waals surface area contributed by atoms with Gasteiger partial charge in [-0.1, -0.05) is 42.5 Å². The van der Waals surface area contributed by atoms with E-state index in [1.165, 1.54) is 11.3 Å². The summed E-state index contributed by atoms with van der Waals surface area (Å²) < 4.78 is 0. The molecule has 0 aliphatic rings. The normalized spacial score (nSPS) is 11.6.